The summed E-state index contributed by atoms with van der Waals surface area (Å²) in [6, 6.07) is 5.93. The summed E-state index contributed by atoms with van der Waals surface area (Å²) in [4.78, 5) is 61.4. The molecule has 0 saturated heterocycles. The van der Waals surface area contributed by atoms with Crippen molar-refractivity contribution in [3.05, 3.63) is 35.9 Å². The fourth-order valence-electron chi connectivity index (χ4n) is 2.99. The van der Waals surface area contributed by atoms with Crippen LogP contribution in [0.5, 0.6) is 0 Å². The third kappa shape index (κ3) is 9.47. The first-order valence-corrected chi connectivity index (χ1v) is 10.9. The Morgan fingerprint density at radius 3 is 2.03 bits per heavy atom. The molecule has 0 aliphatic heterocycles. The Balaban J connectivity index is 2.95. The number of nitrogens with one attached hydrogen (secondary N) is 2. The topological polar surface area (TPSA) is 157 Å². The van der Waals surface area contributed by atoms with Gasteiger partial charge in [-0.3, -0.25) is 14.4 Å². The summed E-state index contributed by atoms with van der Waals surface area (Å²) in [5.74, 6) is -6.19. The van der Waals surface area contributed by atoms with E-state index in [1.807, 2.05) is 6.07 Å². The van der Waals surface area contributed by atoms with Crippen molar-refractivity contribution in [3.63, 3.8) is 0 Å². The molecule has 2 amide bonds. The minimum absolute atomic E-state index is 0.0265. The smallest absolute Gasteiger partial charge is 0.408 e. The van der Waals surface area contributed by atoms with E-state index >= 15 is 0 Å². The van der Waals surface area contributed by atoms with E-state index in [2.05, 4.69) is 10.6 Å². The summed E-state index contributed by atoms with van der Waals surface area (Å²) < 4.78 is 14.8. The molecule has 188 valence electrons. The van der Waals surface area contributed by atoms with Gasteiger partial charge in [0, 0.05) is 0 Å². The van der Waals surface area contributed by atoms with Gasteiger partial charge in [0.1, 0.15) is 18.7 Å². The van der Waals surface area contributed by atoms with Crippen molar-refractivity contribution in [2.45, 2.75) is 52.8 Å². The Kier molecular flexibility index (Phi) is 12.1. The lowest BCUT2D eigenvalue weighted by Crippen LogP contribution is -2.57. The van der Waals surface area contributed by atoms with E-state index in [1.165, 1.54) is 6.92 Å². The van der Waals surface area contributed by atoms with Gasteiger partial charge in [0.05, 0.1) is 25.6 Å². The average molecular weight is 481 g/mol. The van der Waals surface area contributed by atoms with E-state index < -0.39 is 60.2 Å². The van der Waals surface area contributed by atoms with Crippen molar-refractivity contribution in [3.8, 4) is 0 Å². The molecule has 0 spiro atoms. The van der Waals surface area contributed by atoms with Crippen LogP contribution in [0.15, 0.2) is 30.3 Å². The van der Waals surface area contributed by atoms with Crippen molar-refractivity contribution in [1.29, 1.82) is 0 Å². The van der Waals surface area contributed by atoms with Crippen LogP contribution < -0.4 is 10.6 Å². The number of ether oxygens (including phenoxy) is 3. The van der Waals surface area contributed by atoms with Crippen LogP contribution in [0.3, 0.4) is 0 Å². The Morgan fingerprint density at radius 2 is 1.50 bits per heavy atom. The molecule has 34 heavy (non-hydrogen) atoms. The number of carbonyl (C=O) groups excluding carboxylic acids is 4. The molecule has 0 bridgehead atoms. The van der Waals surface area contributed by atoms with Gasteiger partial charge in [0.2, 0.25) is 5.91 Å². The molecule has 0 aliphatic carbocycles. The lowest BCUT2D eigenvalue weighted by Gasteiger charge is -2.27. The fourth-order valence-corrected chi connectivity index (χ4v) is 2.99. The Morgan fingerprint density at radius 1 is 0.882 bits per heavy atom. The van der Waals surface area contributed by atoms with Crippen LogP contribution in [-0.4, -0.2) is 60.3 Å². The molecular formula is C23H32N2O9. The quantitative estimate of drug-likeness (QED) is 0.282. The van der Waals surface area contributed by atoms with Gasteiger partial charge in [-0.25, -0.2) is 9.59 Å². The molecule has 11 heteroatoms. The first-order valence-electron chi connectivity index (χ1n) is 10.9. The zero-order chi connectivity index (χ0) is 25.7. The summed E-state index contributed by atoms with van der Waals surface area (Å²) in [6.07, 6.45) is -1.49. The second-order valence-corrected chi connectivity index (χ2v) is 7.62. The van der Waals surface area contributed by atoms with E-state index in [-0.39, 0.29) is 19.8 Å². The zero-order valence-corrected chi connectivity index (χ0v) is 19.7. The number of benzene rings is 1. The molecule has 0 heterocycles. The number of alkyl carbamates (subject to hydrolysis) is 1. The predicted octanol–water partition coefficient (Wildman–Crippen LogP) is 1.64. The maximum absolute atomic E-state index is 12.9. The highest BCUT2D eigenvalue weighted by molar-refractivity contribution is 5.93. The SMILES string of the molecule is CCOC(=O)C[C@H](C(=O)OCC)[C@H](NC(=O)[C@H](NC(=O)OCc1ccccc1)C(C)C)C(=O)O. The first-order chi connectivity index (χ1) is 16.1. The molecule has 1 rings (SSSR count). The number of carboxylic acids is 1. The third-order valence-corrected chi connectivity index (χ3v) is 4.68. The first kappa shape index (κ1) is 28.4. The molecule has 0 fully saturated rings. The van der Waals surface area contributed by atoms with Crippen molar-refractivity contribution in [2.75, 3.05) is 13.2 Å². The number of esters is 2. The molecular weight excluding hydrogens is 448 g/mol. The van der Waals surface area contributed by atoms with Crippen LogP contribution in [0.1, 0.15) is 39.7 Å². The van der Waals surface area contributed by atoms with Gasteiger partial charge >= 0.3 is 24.0 Å². The monoisotopic (exact) mass is 480 g/mol. The largest absolute Gasteiger partial charge is 0.480 e. The van der Waals surface area contributed by atoms with Crippen molar-refractivity contribution < 1.29 is 43.3 Å². The van der Waals surface area contributed by atoms with E-state index in [0.29, 0.717) is 0 Å². The number of carbonyl (C=O) groups is 5. The van der Waals surface area contributed by atoms with Crippen LogP contribution in [0.25, 0.3) is 0 Å². The molecule has 0 aromatic heterocycles. The number of rotatable bonds is 13. The van der Waals surface area contributed by atoms with Gasteiger partial charge in [0.15, 0.2) is 0 Å². The van der Waals surface area contributed by atoms with E-state index in [9.17, 15) is 29.1 Å². The summed E-state index contributed by atoms with van der Waals surface area (Å²) >= 11 is 0. The van der Waals surface area contributed by atoms with Crippen LogP contribution in [0, 0.1) is 11.8 Å². The molecule has 11 nitrogen and oxygen atoms in total. The highest BCUT2D eigenvalue weighted by Crippen LogP contribution is 2.15. The molecule has 0 aliphatic rings. The summed E-state index contributed by atoms with van der Waals surface area (Å²) in [5, 5.41) is 14.3. The maximum Gasteiger partial charge on any atom is 0.408 e. The van der Waals surface area contributed by atoms with Crippen LogP contribution in [0.4, 0.5) is 4.79 Å². The fraction of sp³-hybridized carbons (Fsp3) is 0.522. The summed E-state index contributed by atoms with van der Waals surface area (Å²) in [7, 11) is 0. The number of carboxylic acid groups (broad SMARTS) is 1. The Hall–Kier alpha value is -3.63. The van der Waals surface area contributed by atoms with Crippen molar-refractivity contribution in [2.24, 2.45) is 11.8 Å². The normalized spacial score (nSPS) is 13.2. The number of amides is 2. The highest BCUT2D eigenvalue weighted by atomic mass is 16.6. The standard InChI is InChI=1S/C23H32N2O9/c1-5-32-17(26)12-16(22(30)33-6-2)19(21(28)29)24-20(27)18(14(3)4)25-23(31)34-13-15-10-8-7-9-11-15/h7-11,14,16,18-19H,5-6,12-13H2,1-4H3,(H,24,27)(H,25,31)(H,28,29)/t16-,18+,19-/m0/s1. The van der Waals surface area contributed by atoms with Crippen molar-refractivity contribution >= 4 is 29.9 Å². The molecule has 3 atom stereocenters. The summed E-state index contributed by atoms with van der Waals surface area (Å²) in [5.41, 5.74) is 0.741. The van der Waals surface area contributed by atoms with Gasteiger partial charge < -0.3 is 30.0 Å². The van der Waals surface area contributed by atoms with Gasteiger partial charge in [0.25, 0.3) is 0 Å². The van der Waals surface area contributed by atoms with Crippen LogP contribution >= 0.6 is 0 Å². The van der Waals surface area contributed by atoms with Gasteiger partial charge in [-0.05, 0) is 25.3 Å². The van der Waals surface area contributed by atoms with Gasteiger partial charge in [-0.2, -0.15) is 0 Å². The second kappa shape index (κ2) is 14.5. The number of aliphatic carboxylic acids is 1. The minimum Gasteiger partial charge on any atom is -0.480 e. The number of hydrogen-bond donors (Lipinski definition) is 3. The van der Waals surface area contributed by atoms with Crippen molar-refractivity contribution in [1.82, 2.24) is 10.6 Å². The van der Waals surface area contributed by atoms with Gasteiger partial charge in [-0.1, -0.05) is 44.2 Å². The molecule has 0 unspecified atom stereocenters. The molecule has 3 N–H and O–H groups in total. The highest BCUT2D eigenvalue weighted by Gasteiger charge is 2.40. The van der Waals surface area contributed by atoms with Gasteiger partial charge in [-0.15, -0.1) is 0 Å². The third-order valence-electron chi connectivity index (χ3n) is 4.68. The van der Waals surface area contributed by atoms with Crippen LogP contribution in [-0.2, 0) is 40.0 Å². The lowest BCUT2D eigenvalue weighted by atomic mass is 9.94. The maximum atomic E-state index is 12.9. The minimum atomic E-state index is -1.79. The zero-order valence-electron chi connectivity index (χ0n) is 19.7. The molecule has 1 aromatic carbocycles. The molecule has 0 radical (unpaired) electrons. The Bertz CT molecular complexity index is 842. The summed E-state index contributed by atoms with van der Waals surface area (Å²) in [6.45, 7) is 6.31. The Labute approximate surface area is 198 Å². The van der Waals surface area contributed by atoms with E-state index in [1.54, 1.807) is 45.0 Å². The predicted molar refractivity (Wildman–Crippen MR) is 119 cm³/mol. The van der Waals surface area contributed by atoms with E-state index in [0.717, 1.165) is 5.56 Å². The average Bonchev–Trinajstić information content (AvgIpc) is 2.78. The van der Waals surface area contributed by atoms with E-state index in [4.69, 9.17) is 14.2 Å². The lowest BCUT2D eigenvalue weighted by molar-refractivity contribution is -0.160. The van der Waals surface area contributed by atoms with Crippen LogP contribution in [0.2, 0.25) is 0 Å². The molecule has 1 aromatic rings. The second-order valence-electron chi connectivity index (χ2n) is 7.62. The number of hydrogen-bond acceptors (Lipinski definition) is 8. The molecule has 0 saturated carbocycles.